The lowest BCUT2D eigenvalue weighted by Gasteiger charge is -2.08. The van der Waals surface area contributed by atoms with Crippen LogP contribution in [0.5, 0.6) is 0 Å². The molecule has 0 unspecified atom stereocenters. The molecule has 0 aromatic carbocycles. The molecule has 4 heteroatoms. The van der Waals surface area contributed by atoms with Gasteiger partial charge in [0.05, 0.1) is 0 Å². The predicted octanol–water partition coefficient (Wildman–Crippen LogP) is 1.52. The van der Waals surface area contributed by atoms with Crippen molar-refractivity contribution in [2.45, 2.75) is 25.7 Å². The van der Waals surface area contributed by atoms with Crippen LogP contribution >= 0.6 is 0 Å². The fourth-order valence-electron chi connectivity index (χ4n) is 0.998. The van der Waals surface area contributed by atoms with Crippen molar-refractivity contribution in [3.63, 3.8) is 0 Å². The zero-order chi connectivity index (χ0) is 10.3. The minimum absolute atomic E-state index is 0.00722. The number of hydrogen-bond acceptors (Lipinski definition) is 2. The van der Waals surface area contributed by atoms with Crippen molar-refractivity contribution < 1.29 is 19.8 Å². The molecule has 0 bridgehead atoms. The maximum atomic E-state index is 10.2. The Labute approximate surface area is 76.9 Å². The Balaban J connectivity index is 3.69. The summed E-state index contributed by atoms with van der Waals surface area (Å²) in [4.78, 5) is 20.4. The van der Waals surface area contributed by atoms with Crippen LogP contribution in [0.1, 0.15) is 25.7 Å². The first-order chi connectivity index (χ1) is 6.06. The highest BCUT2D eigenvalue weighted by molar-refractivity contribution is 5.67. The fraction of sp³-hybridized carbons (Fsp3) is 0.556. The van der Waals surface area contributed by atoms with Gasteiger partial charge in [-0.1, -0.05) is 6.08 Å². The van der Waals surface area contributed by atoms with Crippen LogP contribution < -0.4 is 0 Å². The van der Waals surface area contributed by atoms with Gasteiger partial charge in [0.25, 0.3) is 0 Å². The van der Waals surface area contributed by atoms with E-state index in [0.29, 0.717) is 12.8 Å². The SMILES string of the molecule is C=CC(CCC(=O)O)CCC(=O)O. The van der Waals surface area contributed by atoms with Crippen molar-refractivity contribution in [1.82, 2.24) is 0 Å². The van der Waals surface area contributed by atoms with Crippen LogP contribution in [-0.2, 0) is 9.59 Å². The predicted molar refractivity (Wildman–Crippen MR) is 47.4 cm³/mol. The van der Waals surface area contributed by atoms with Crippen molar-refractivity contribution in [1.29, 1.82) is 0 Å². The molecule has 0 fully saturated rings. The van der Waals surface area contributed by atoms with Crippen molar-refractivity contribution >= 4 is 11.9 Å². The summed E-state index contributed by atoms with van der Waals surface area (Å²) < 4.78 is 0. The molecular weight excluding hydrogens is 172 g/mol. The van der Waals surface area contributed by atoms with Gasteiger partial charge in [-0.05, 0) is 18.8 Å². The van der Waals surface area contributed by atoms with Crippen molar-refractivity contribution in [2.75, 3.05) is 0 Å². The molecule has 0 heterocycles. The Morgan fingerprint density at radius 2 is 1.54 bits per heavy atom. The van der Waals surface area contributed by atoms with E-state index >= 15 is 0 Å². The average Bonchev–Trinajstić information content (AvgIpc) is 2.04. The standard InChI is InChI=1S/C9H14O4/c1-2-7(3-5-8(10)11)4-6-9(12)13/h2,7H,1,3-6H2,(H,10,11)(H,12,13). The molecule has 0 radical (unpaired) electrons. The van der Waals surface area contributed by atoms with E-state index in [0.717, 1.165) is 0 Å². The number of hydrogen-bond donors (Lipinski definition) is 2. The molecule has 4 nitrogen and oxygen atoms in total. The Kier molecular flexibility index (Phi) is 5.59. The number of carboxylic acid groups (broad SMARTS) is 2. The van der Waals surface area contributed by atoms with Gasteiger partial charge in [-0.2, -0.15) is 0 Å². The summed E-state index contributed by atoms with van der Waals surface area (Å²) >= 11 is 0. The molecule has 0 amide bonds. The Hall–Kier alpha value is -1.32. The molecule has 13 heavy (non-hydrogen) atoms. The van der Waals surface area contributed by atoms with Gasteiger partial charge in [0.2, 0.25) is 0 Å². The van der Waals surface area contributed by atoms with Gasteiger partial charge in [-0.25, -0.2) is 0 Å². The van der Waals surface area contributed by atoms with E-state index in [1.54, 1.807) is 6.08 Å². The third-order valence-electron chi connectivity index (χ3n) is 1.79. The lowest BCUT2D eigenvalue weighted by atomic mass is 9.98. The largest absolute Gasteiger partial charge is 0.481 e. The first kappa shape index (κ1) is 11.7. The molecule has 0 aliphatic rings. The Bertz CT molecular complexity index is 180. The number of carboxylic acids is 2. The maximum Gasteiger partial charge on any atom is 0.303 e. The van der Waals surface area contributed by atoms with Gasteiger partial charge >= 0.3 is 11.9 Å². The van der Waals surface area contributed by atoms with Crippen LogP contribution in [0.15, 0.2) is 12.7 Å². The smallest absolute Gasteiger partial charge is 0.303 e. The van der Waals surface area contributed by atoms with Gasteiger partial charge in [0, 0.05) is 12.8 Å². The minimum Gasteiger partial charge on any atom is -0.481 e. The molecule has 0 aliphatic carbocycles. The van der Waals surface area contributed by atoms with Crippen molar-refractivity contribution in [2.24, 2.45) is 5.92 Å². The second-order valence-electron chi connectivity index (χ2n) is 2.86. The van der Waals surface area contributed by atoms with Crippen LogP contribution in [0.2, 0.25) is 0 Å². The summed E-state index contributed by atoms with van der Waals surface area (Å²) in [5.74, 6) is -1.73. The summed E-state index contributed by atoms with van der Waals surface area (Å²) in [5, 5.41) is 16.8. The Morgan fingerprint density at radius 3 is 1.77 bits per heavy atom. The molecule has 0 saturated carbocycles. The zero-order valence-corrected chi connectivity index (χ0v) is 7.40. The first-order valence-electron chi connectivity index (χ1n) is 4.12. The second-order valence-corrected chi connectivity index (χ2v) is 2.86. The minimum atomic E-state index is -0.859. The van der Waals surface area contributed by atoms with E-state index in [1.807, 2.05) is 0 Å². The van der Waals surface area contributed by atoms with Crippen molar-refractivity contribution in [3.8, 4) is 0 Å². The van der Waals surface area contributed by atoms with E-state index in [9.17, 15) is 9.59 Å². The summed E-state index contributed by atoms with van der Waals surface area (Å²) in [6, 6.07) is 0. The van der Waals surface area contributed by atoms with Crippen LogP contribution in [0, 0.1) is 5.92 Å². The van der Waals surface area contributed by atoms with Crippen LogP contribution in [0.4, 0.5) is 0 Å². The zero-order valence-electron chi connectivity index (χ0n) is 7.40. The highest BCUT2D eigenvalue weighted by Gasteiger charge is 2.08. The van der Waals surface area contributed by atoms with E-state index in [2.05, 4.69) is 6.58 Å². The molecular formula is C9H14O4. The quantitative estimate of drug-likeness (QED) is 0.591. The molecule has 0 aromatic heterocycles. The monoisotopic (exact) mass is 186 g/mol. The summed E-state index contributed by atoms with van der Waals surface area (Å²) in [6.45, 7) is 3.53. The molecule has 0 aliphatic heterocycles. The van der Waals surface area contributed by atoms with Crippen LogP contribution in [0.3, 0.4) is 0 Å². The summed E-state index contributed by atoms with van der Waals surface area (Å²) in [7, 11) is 0. The highest BCUT2D eigenvalue weighted by atomic mass is 16.4. The van der Waals surface area contributed by atoms with Crippen molar-refractivity contribution in [3.05, 3.63) is 12.7 Å². The highest BCUT2D eigenvalue weighted by Crippen LogP contribution is 2.14. The van der Waals surface area contributed by atoms with Gasteiger partial charge < -0.3 is 10.2 Å². The fourth-order valence-corrected chi connectivity index (χ4v) is 0.998. The van der Waals surface area contributed by atoms with Gasteiger partial charge in [-0.15, -0.1) is 6.58 Å². The number of carbonyl (C=O) groups is 2. The third kappa shape index (κ3) is 7.05. The summed E-state index contributed by atoms with van der Waals surface area (Å²) in [5.41, 5.74) is 0. The lowest BCUT2D eigenvalue weighted by Crippen LogP contribution is -2.05. The molecule has 2 N–H and O–H groups in total. The number of allylic oxidation sites excluding steroid dienone is 1. The molecule has 74 valence electrons. The van der Waals surface area contributed by atoms with Gasteiger partial charge in [0.1, 0.15) is 0 Å². The normalized spacial score (nSPS) is 9.92. The summed E-state index contributed by atoms with van der Waals surface area (Å²) in [6.07, 6.45) is 2.68. The van der Waals surface area contributed by atoms with E-state index < -0.39 is 11.9 Å². The van der Waals surface area contributed by atoms with Crippen LogP contribution in [-0.4, -0.2) is 22.2 Å². The Morgan fingerprint density at radius 1 is 1.15 bits per heavy atom. The van der Waals surface area contributed by atoms with Crippen LogP contribution in [0.25, 0.3) is 0 Å². The molecule has 0 saturated heterocycles. The molecule has 0 rings (SSSR count). The topological polar surface area (TPSA) is 74.6 Å². The maximum absolute atomic E-state index is 10.2. The first-order valence-corrected chi connectivity index (χ1v) is 4.12. The average molecular weight is 186 g/mol. The molecule has 0 spiro atoms. The van der Waals surface area contributed by atoms with E-state index in [4.69, 9.17) is 10.2 Å². The van der Waals surface area contributed by atoms with E-state index in [1.165, 1.54) is 0 Å². The number of aliphatic carboxylic acids is 2. The van der Waals surface area contributed by atoms with E-state index in [-0.39, 0.29) is 18.8 Å². The van der Waals surface area contributed by atoms with Gasteiger partial charge in [-0.3, -0.25) is 9.59 Å². The molecule has 0 atom stereocenters. The lowest BCUT2D eigenvalue weighted by molar-refractivity contribution is -0.137. The van der Waals surface area contributed by atoms with Gasteiger partial charge in [0.15, 0.2) is 0 Å². The third-order valence-corrected chi connectivity index (χ3v) is 1.79. The number of rotatable bonds is 7. The molecule has 0 aromatic rings. The second kappa shape index (κ2) is 6.22.